The molecule has 0 aliphatic carbocycles. The molecule has 5 aromatic rings. The Hall–Kier alpha value is -5.87. The van der Waals surface area contributed by atoms with Crippen molar-refractivity contribution in [2.45, 2.75) is 43.7 Å². The third-order valence-corrected chi connectivity index (χ3v) is 9.16. The number of aromatic nitrogens is 1. The zero-order valence-electron chi connectivity index (χ0n) is 27.3. The lowest BCUT2D eigenvalue weighted by Gasteiger charge is -2.27. The van der Waals surface area contributed by atoms with Gasteiger partial charge >= 0.3 is 11.9 Å². The number of nitrogens with zero attached hydrogens (tertiary/aromatic N) is 4. The van der Waals surface area contributed by atoms with Crippen LogP contribution in [0.15, 0.2) is 112 Å². The average Bonchev–Trinajstić information content (AvgIpc) is 3.54. The number of allylic oxidation sites excluding steroid dienone is 3. The molecule has 0 amide bonds. The van der Waals surface area contributed by atoms with Crippen LogP contribution >= 0.6 is 12.0 Å². The van der Waals surface area contributed by atoms with Crippen LogP contribution in [0.5, 0.6) is 0 Å². The lowest BCUT2D eigenvalue weighted by atomic mass is 9.83. The summed E-state index contributed by atoms with van der Waals surface area (Å²) in [5, 5.41) is 46.5. The monoisotopic (exact) mass is 710 g/mol. The molecule has 0 radical (unpaired) electrons. The third-order valence-electron chi connectivity index (χ3n) is 8.59. The number of aliphatic carboxylic acids is 1. The van der Waals surface area contributed by atoms with E-state index in [9.17, 15) is 30.3 Å². The highest BCUT2D eigenvalue weighted by molar-refractivity contribution is 7.94. The van der Waals surface area contributed by atoms with E-state index in [4.69, 9.17) is 9.52 Å². The van der Waals surface area contributed by atoms with Crippen molar-refractivity contribution in [1.82, 2.24) is 0 Å². The lowest BCUT2D eigenvalue weighted by molar-refractivity contribution is -0.777. The maximum atomic E-state index is 11.7. The van der Waals surface area contributed by atoms with E-state index in [1.54, 1.807) is 18.2 Å². The largest absolute Gasteiger partial charge is 0.691 e. The van der Waals surface area contributed by atoms with Gasteiger partial charge in [-0.1, -0.05) is 56.3 Å². The highest BCUT2D eigenvalue weighted by Gasteiger charge is 2.40. The highest BCUT2D eigenvalue weighted by atomic mass is 32.2. The number of rotatable bonds is 13. The van der Waals surface area contributed by atoms with Gasteiger partial charge in [0.25, 0.3) is 16.9 Å². The van der Waals surface area contributed by atoms with Crippen molar-refractivity contribution in [2.24, 2.45) is 0 Å². The van der Waals surface area contributed by atoms with Crippen LogP contribution < -0.4 is 14.7 Å². The summed E-state index contributed by atoms with van der Waals surface area (Å²) in [5.74, 6) is -0.356. The Morgan fingerprint density at radius 1 is 0.961 bits per heavy atom. The van der Waals surface area contributed by atoms with Crippen LogP contribution in [0, 0.1) is 20.2 Å². The molecule has 260 valence electrons. The number of benzene rings is 4. The summed E-state index contributed by atoms with van der Waals surface area (Å²) in [6.45, 7) is 4.52. The molecule has 0 bridgehead atoms. The fraction of sp³-hybridized carbons (Fsp3) is 0.167. The maximum Gasteiger partial charge on any atom is 0.374 e. The normalized spacial score (nSPS) is 14.4. The quantitative estimate of drug-likeness (QED) is 0.0471. The molecule has 14 nitrogen and oxygen atoms in total. The smallest absolute Gasteiger partial charge is 0.374 e. The van der Waals surface area contributed by atoms with Crippen molar-refractivity contribution in [1.29, 1.82) is 0 Å². The van der Waals surface area contributed by atoms with Crippen molar-refractivity contribution < 1.29 is 43.4 Å². The fourth-order valence-electron chi connectivity index (χ4n) is 6.25. The number of para-hydroxylation sites is 2. The summed E-state index contributed by atoms with van der Waals surface area (Å²) in [6.07, 6.45) is 5.48. The summed E-state index contributed by atoms with van der Waals surface area (Å²) >= 11 is 0.749. The zero-order chi connectivity index (χ0) is 36.3. The molecular weight excluding hydrogens is 680 g/mol. The van der Waals surface area contributed by atoms with Gasteiger partial charge in [-0.2, -0.15) is 8.90 Å². The van der Waals surface area contributed by atoms with E-state index < -0.39 is 32.6 Å². The number of anilines is 1. The molecular formula is C36H30N4O10S. The van der Waals surface area contributed by atoms with Gasteiger partial charge in [0.1, 0.15) is 0 Å². The number of hydrogen-bond donors (Lipinski definition) is 1. The molecule has 0 spiro atoms. The molecule has 1 N–H and O–H groups in total. The average molecular weight is 711 g/mol. The molecule has 0 unspecified atom stereocenters. The molecule has 0 fully saturated rings. The number of oxazole rings is 1. The first-order valence-electron chi connectivity index (χ1n) is 15.5. The van der Waals surface area contributed by atoms with Gasteiger partial charge in [0, 0.05) is 52.0 Å². The van der Waals surface area contributed by atoms with E-state index in [-0.39, 0.29) is 13.0 Å². The number of non-ortho nitro benzene ring substituents is 2. The Labute approximate surface area is 294 Å². The van der Waals surface area contributed by atoms with Crippen LogP contribution in [0.2, 0.25) is 0 Å². The Bertz CT molecular complexity index is 2180. The van der Waals surface area contributed by atoms with Crippen LogP contribution in [0.25, 0.3) is 17.2 Å². The van der Waals surface area contributed by atoms with Gasteiger partial charge in [-0.15, -0.1) is 0 Å². The molecule has 0 saturated carbocycles. The van der Waals surface area contributed by atoms with Gasteiger partial charge in [-0.25, -0.2) is 0 Å². The van der Waals surface area contributed by atoms with Crippen molar-refractivity contribution in [3.05, 3.63) is 151 Å². The topological polar surface area (TPSA) is 185 Å². The van der Waals surface area contributed by atoms with Gasteiger partial charge in [0.15, 0.2) is 6.54 Å². The van der Waals surface area contributed by atoms with Gasteiger partial charge in [0.05, 0.1) is 40.5 Å². The summed E-state index contributed by atoms with van der Waals surface area (Å²) < 4.78 is 12.8. The van der Waals surface area contributed by atoms with E-state index in [1.807, 2.05) is 90.1 Å². The Balaban J connectivity index is 1.40. The van der Waals surface area contributed by atoms with Gasteiger partial charge in [-0.3, -0.25) is 30.1 Å². The summed E-state index contributed by atoms with van der Waals surface area (Å²) in [7, 11) is 0. The number of hydrogen-bond acceptors (Lipinski definition) is 11. The SMILES string of the molecule is CC1(C)/C(=C\C=C\c2oc3ccccc3[n+]2Cc2ccc(CC(=O)O)cc2)N(Cc2cc([N+](=O)[O-])cc([N+](=O)[O-])c2)c2ccc(SOO[O-])cc21. The zero-order valence-corrected chi connectivity index (χ0v) is 28.1. The maximum absolute atomic E-state index is 11.7. The van der Waals surface area contributed by atoms with E-state index in [0.717, 1.165) is 46.1 Å². The molecule has 1 aliphatic heterocycles. The number of fused-ring (bicyclic) bond motifs is 2. The molecule has 2 heterocycles. The Morgan fingerprint density at radius 2 is 1.65 bits per heavy atom. The summed E-state index contributed by atoms with van der Waals surface area (Å²) in [4.78, 5) is 35.7. The second-order valence-electron chi connectivity index (χ2n) is 12.3. The first kappa shape index (κ1) is 35.0. The summed E-state index contributed by atoms with van der Waals surface area (Å²) in [6, 6.07) is 23.9. The molecule has 51 heavy (non-hydrogen) atoms. The minimum atomic E-state index is -0.903. The Kier molecular flexibility index (Phi) is 9.97. The highest BCUT2D eigenvalue weighted by Crippen LogP contribution is 2.49. The number of nitro benzene ring substituents is 2. The van der Waals surface area contributed by atoms with E-state index in [0.29, 0.717) is 34.0 Å². The van der Waals surface area contributed by atoms with Crippen LogP contribution in [-0.4, -0.2) is 20.9 Å². The number of carbonyl (C=O) groups is 1. The minimum Gasteiger partial charge on any atom is -0.691 e. The fourth-order valence-corrected chi connectivity index (χ4v) is 6.65. The molecule has 1 aromatic heterocycles. The first-order chi connectivity index (χ1) is 24.4. The molecule has 0 saturated heterocycles. The van der Waals surface area contributed by atoms with Crippen LogP contribution in [0.4, 0.5) is 17.1 Å². The van der Waals surface area contributed by atoms with E-state index in [1.165, 1.54) is 12.1 Å². The van der Waals surface area contributed by atoms with E-state index >= 15 is 0 Å². The van der Waals surface area contributed by atoms with Crippen molar-refractivity contribution in [2.75, 3.05) is 4.90 Å². The van der Waals surface area contributed by atoms with Crippen molar-refractivity contribution in [3.8, 4) is 0 Å². The predicted molar refractivity (Wildman–Crippen MR) is 184 cm³/mol. The minimum absolute atomic E-state index is 0.0670. The third kappa shape index (κ3) is 7.51. The van der Waals surface area contributed by atoms with E-state index in [2.05, 4.69) is 9.37 Å². The lowest BCUT2D eigenvalue weighted by Crippen LogP contribution is -2.35. The van der Waals surface area contributed by atoms with Crippen molar-refractivity contribution in [3.63, 3.8) is 0 Å². The molecule has 4 aromatic carbocycles. The second kappa shape index (κ2) is 14.5. The van der Waals surface area contributed by atoms with Gasteiger partial charge in [-0.05, 0) is 47.0 Å². The number of carboxylic acids is 1. The van der Waals surface area contributed by atoms with Crippen molar-refractivity contribution >= 4 is 52.2 Å². The van der Waals surface area contributed by atoms with Gasteiger partial charge in [0.2, 0.25) is 5.58 Å². The predicted octanol–water partition coefficient (Wildman–Crippen LogP) is 6.34. The molecule has 1 aliphatic rings. The second-order valence-corrected chi connectivity index (χ2v) is 13.0. The molecule has 6 rings (SSSR count). The van der Waals surface area contributed by atoms with Crippen LogP contribution in [-0.2, 0) is 39.1 Å². The Morgan fingerprint density at radius 3 is 2.31 bits per heavy atom. The molecule has 15 heteroatoms. The number of nitro groups is 2. The van der Waals surface area contributed by atoms with Crippen LogP contribution in [0.1, 0.15) is 42.0 Å². The molecule has 0 atom stereocenters. The summed E-state index contributed by atoms with van der Waals surface area (Å²) in [5.41, 5.74) is 4.48. The number of carboxylic acid groups (broad SMARTS) is 1. The van der Waals surface area contributed by atoms with Gasteiger partial charge < -0.3 is 19.7 Å². The standard InChI is InChI=1S/C36H30N4O10S/c1-36(2)29-20-28(51-50-49-47)14-15-30(29)37(22-25-16-26(39(43)44)19-27(17-25)40(45)46)33(36)8-5-9-34-38(31-6-3-4-7-32(31)48-34)21-24-12-10-23(11-13-24)18-35(41)42/h3-17,19-20H,18,21-22H2,1-2H3,(H-,41,42,47). The first-order valence-corrected chi connectivity index (χ1v) is 16.3. The van der Waals surface area contributed by atoms with Crippen LogP contribution in [0.3, 0.4) is 0 Å².